The van der Waals surface area contributed by atoms with Crippen molar-refractivity contribution in [3.8, 4) is 0 Å². The largest absolute Gasteiger partial charge is 0.481 e. The highest BCUT2D eigenvalue weighted by Crippen LogP contribution is 2.07. The monoisotopic (exact) mass is 455 g/mol. The Hall–Kier alpha value is -3.11. The molecule has 0 aromatic rings. The van der Waals surface area contributed by atoms with E-state index in [-0.39, 0.29) is 37.8 Å². The van der Waals surface area contributed by atoms with Gasteiger partial charge in [0.2, 0.25) is 17.7 Å². The second-order valence-electron chi connectivity index (χ2n) is 7.94. The van der Waals surface area contributed by atoms with Crippen LogP contribution in [0.25, 0.3) is 0 Å². The van der Waals surface area contributed by atoms with Gasteiger partial charge in [-0.3, -0.25) is 19.2 Å². The van der Waals surface area contributed by atoms with Crippen LogP contribution in [-0.4, -0.2) is 59.5 Å². The molecule has 0 aromatic heterocycles. The number of hydrogen-bond donors (Lipinski definition) is 6. The molecule has 0 aliphatic heterocycles. The number of rotatable bonds is 14. The molecule has 5 amide bonds. The van der Waals surface area contributed by atoms with Gasteiger partial charge in [-0.2, -0.15) is 0 Å². The lowest BCUT2D eigenvalue weighted by molar-refractivity contribution is -0.139. The van der Waals surface area contributed by atoms with E-state index in [2.05, 4.69) is 21.3 Å². The summed E-state index contributed by atoms with van der Waals surface area (Å²) in [5.74, 6) is -2.93. The molecule has 0 bridgehead atoms. The lowest BCUT2D eigenvalue weighted by atomic mass is 10.0. The van der Waals surface area contributed by atoms with Crippen LogP contribution < -0.4 is 27.0 Å². The molecule has 0 aromatic carbocycles. The summed E-state index contributed by atoms with van der Waals surface area (Å²) in [4.78, 5) is 59.2. The summed E-state index contributed by atoms with van der Waals surface area (Å²) in [6, 6.07) is -2.77. The molecule has 11 nitrogen and oxygen atoms in total. The van der Waals surface area contributed by atoms with Crippen LogP contribution in [0.1, 0.15) is 60.3 Å². The maximum absolute atomic E-state index is 12.9. The van der Waals surface area contributed by atoms with Crippen molar-refractivity contribution in [2.75, 3.05) is 6.54 Å². The Balaban J connectivity index is 5.28. The molecule has 0 saturated heterocycles. The van der Waals surface area contributed by atoms with Crippen molar-refractivity contribution in [3.63, 3.8) is 0 Å². The Labute approximate surface area is 188 Å². The van der Waals surface area contributed by atoms with E-state index in [1.807, 2.05) is 26.8 Å². The lowest BCUT2D eigenvalue weighted by Crippen LogP contribution is -2.56. The fraction of sp³-hybridized carbons (Fsp3) is 0.667. The van der Waals surface area contributed by atoms with Crippen molar-refractivity contribution in [2.24, 2.45) is 11.7 Å². The number of carboxylic acids is 1. The zero-order valence-electron chi connectivity index (χ0n) is 19.5. The summed E-state index contributed by atoms with van der Waals surface area (Å²) < 4.78 is 0. The molecule has 0 aliphatic carbocycles. The van der Waals surface area contributed by atoms with E-state index in [0.29, 0.717) is 6.42 Å². The zero-order valence-corrected chi connectivity index (χ0v) is 19.5. The van der Waals surface area contributed by atoms with Crippen molar-refractivity contribution in [1.29, 1.82) is 0 Å². The first kappa shape index (κ1) is 28.9. The Kier molecular flexibility index (Phi) is 13.4. The molecule has 32 heavy (non-hydrogen) atoms. The minimum atomic E-state index is -1.11. The van der Waals surface area contributed by atoms with Crippen molar-refractivity contribution in [2.45, 2.75) is 78.4 Å². The summed E-state index contributed by atoms with van der Waals surface area (Å²) in [5.41, 5.74) is 5.99. The number of amides is 5. The summed E-state index contributed by atoms with van der Waals surface area (Å²) >= 11 is 0. The molecule has 11 heteroatoms. The van der Waals surface area contributed by atoms with Gasteiger partial charge in [0.05, 0.1) is 6.42 Å². The van der Waals surface area contributed by atoms with Crippen LogP contribution in [0.2, 0.25) is 0 Å². The zero-order chi connectivity index (χ0) is 24.8. The summed E-state index contributed by atoms with van der Waals surface area (Å²) in [6.45, 7) is 9.23. The molecule has 182 valence electrons. The minimum absolute atomic E-state index is 0.233. The van der Waals surface area contributed by atoms with Crippen LogP contribution in [0, 0.1) is 5.92 Å². The second-order valence-corrected chi connectivity index (χ2v) is 7.94. The van der Waals surface area contributed by atoms with Crippen molar-refractivity contribution < 1.29 is 29.1 Å². The number of primary amides is 1. The van der Waals surface area contributed by atoms with Crippen LogP contribution in [0.3, 0.4) is 0 Å². The van der Waals surface area contributed by atoms with Gasteiger partial charge in [-0.1, -0.05) is 25.5 Å². The van der Waals surface area contributed by atoms with Gasteiger partial charge in [-0.05, 0) is 39.5 Å². The molecule has 0 radical (unpaired) electrons. The van der Waals surface area contributed by atoms with Crippen LogP contribution >= 0.6 is 0 Å². The topological polar surface area (TPSA) is 180 Å². The number of allylic oxidation sites excluding steroid dienone is 1. The van der Waals surface area contributed by atoms with Gasteiger partial charge in [0.25, 0.3) is 0 Å². The predicted molar refractivity (Wildman–Crippen MR) is 119 cm³/mol. The van der Waals surface area contributed by atoms with Gasteiger partial charge in [-0.15, -0.1) is 0 Å². The van der Waals surface area contributed by atoms with Crippen LogP contribution in [-0.2, 0) is 19.2 Å². The predicted octanol–water partition coefficient (Wildman–Crippen LogP) is 0.396. The van der Waals surface area contributed by atoms with E-state index in [1.165, 1.54) is 0 Å². The first-order chi connectivity index (χ1) is 14.9. The Morgan fingerprint density at radius 1 is 0.969 bits per heavy atom. The molecular formula is C21H37N5O6. The fourth-order valence-electron chi connectivity index (χ4n) is 2.73. The number of aliphatic carboxylic acids is 1. The van der Waals surface area contributed by atoms with Crippen LogP contribution in [0.5, 0.6) is 0 Å². The van der Waals surface area contributed by atoms with E-state index in [1.54, 1.807) is 13.8 Å². The number of nitrogens with two attached hydrogens (primary N) is 1. The molecule has 3 atom stereocenters. The van der Waals surface area contributed by atoms with Gasteiger partial charge in [0.15, 0.2) is 0 Å². The van der Waals surface area contributed by atoms with Crippen molar-refractivity contribution >= 4 is 29.7 Å². The van der Waals surface area contributed by atoms with E-state index in [0.717, 1.165) is 5.57 Å². The lowest BCUT2D eigenvalue weighted by Gasteiger charge is -2.26. The quantitative estimate of drug-likeness (QED) is 0.163. The maximum atomic E-state index is 12.9. The van der Waals surface area contributed by atoms with Crippen LogP contribution in [0.4, 0.5) is 4.79 Å². The molecule has 0 saturated carbocycles. The first-order valence-electron chi connectivity index (χ1n) is 10.7. The van der Waals surface area contributed by atoms with E-state index >= 15 is 0 Å². The Bertz CT molecular complexity index is 707. The summed E-state index contributed by atoms with van der Waals surface area (Å²) in [5, 5.41) is 19.2. The SMILES string of the molecule is C/C=C(/C)[C@@H](C)NC(=O)[C@H](CCCNC(N)=O)NC(=O)[C@@H](NC(=O)CCC(=O)O)C(C)C. The van der Waals surface area contributed by atoms with Gasteiger partial charge in [0.1, 0.15) is 12.1 Å². The number of hydrogen-bond acceptors (Lipinski definition) is 5. The van der Waals surface area contributed by atoms with E-state index < -0.39 is 41.8 Å². The Morgan fingerprint density at radius 3 is 2.09 bits per heavy atom. The van der Waals surface area contributed by atoms with Crippen LogP contribution in [0.15, 0.2) is 11.6 Å². The molecule has 0 rings (SSSR count). The highest BCUT2D eigenvalue weighted by Gasteiger charge is 2.29. The molecule has 7 N–H and O–H groups in total. The highest BCUT2D eigenvalue weighted by molar-refractivity contribution is 5.92. The second kappa shape index (κ2) is 14.8. The van der Waals surface area contributed by atoms with E-state index in [9.17, 15) is 24.0 Å². The standard InChI is InChI=1S/C21H37N5O6/c1-6-13(4)14(5)24-19(30)15(8-7-11-23-21(22)32)25-20(31)18(12(2)3)26-16(27)9-10-17(28)29/h6,12,14-15,18H,7-11H2,1-5H3,(H,24,30)(H,25,31)(H,26,27)(H,28,29)(H3,22,23,32)/b13-6-/t14-,15+,18+/m1/s1. The average Bonchev–Trinajstić information content (AvgIpc) is 2.71. The summed E-state index contributed by atoms with van der Waals surface area (Å²) in [7, 11) is 0. The number of nitrogens with one attached hydrogen (secondary N) is 4. The van der Waals surface area contributed by atoms with E-state index in [4.69, 9.17) is 10.8 Å². The number of carbonyl (C=O) groups excluding carboxylic acids is 4. The number of urea groups is 1. The van der Waals surface area contributed by atoms with Gasteiger partial charge >= 0.3 is 12.0 Å². The van der Waals surface area contributed by atoms with Crippen molar-refractivity contribution in [1.82, 2.24) is 21.3 Å². The Morgan fingerprint density at radius 2 is 1.59 bits per heavy atom. The molecule has 0 spiro atoms. The minimum Gasteiger partial charge on any atom is -0.481 e. The average molecular weight is 456 g/mol. The molecule has 0 fully saturated rings. The molecule has 0 unspecified atom stereocenters. The smallest absolute Gasteiger partial charge is 0.312 e. The summed E-state index contributed by atoms with van der Waals surface area (Å²) in [6.07, 6.45) is 1.89. The number of carbonyl (C=O) groups is 5. The molecular weight excluding hydrogens is 418 g/mol. The van der Waals surface area contributed by atoms with Gasteiger partial charge in [0, 0.05) is 19.0 Å². The third-order valence-electron chi connectivity index (χ3n) is 4.93. The number of carboxylic acid groups (broad SMARTS) is 1. The highest BCUT2D eigenvalue weighted by atomic mass is 16.4. The molecule has 0 aliphatic rings. The molecule has 0 heterocycles. The fourth-order valence-corrected chi connectivity index (χ4v) is 2.73. The first-order valence-corrected chi connectivity index (χ1v) is 10.7. The normalized spacial score (nSPS) is 14.1. The van der Waals surface area contributed by atoms with Gasteiger partial charge < -0.3 is 32.1 Å². The maximum Gasteiger partial charge on any atom is 0.312 e. The van der Waals surface area contributed by atoms with Crippen molar-refractivity contribution in [3.05, 3.63) is 11.6 Å². The third-order valence-corrected chi connectivity index (χ3v) is 4.93. The van der Waals surface area contributed by atoms with Gasteiger partial charge in [-0.25, -0.2) is 4.79 Å². The third kappa shape index (κ3) is 11.9.